The molecule has 0 aromatic heterocycles. The van der Waals surface area contributed by atoms with E-state index in [1.165, 1.54) is 0 Å². The van der Waals surface area contributed by atoms with Gasteiger partial charge in [0.2, 0.25) is 0 Å². The summed E-state index contributed by atoms with van der Waals surface area (Å²) in [6.45, 7) is 0. The van der Waals surface area contributed by atoms with Gasteiger partial charge in [-0.1, -0.05) is 0 Å². The lowest BCUT2D eigenvalue weighted by molar-refractivity contribution is -0.163. The smallest absolute Gasteiger partial charge is 0.166 e. The third-order valence-electron chi connectivity index (χ3n) is 1.87. The Hall–Kier alpha value is -1.41. The predicted molar refractivity (Wildman–Crippen MR) is 40.3 cm³/mol. The van der Waals surface area contributed by atoms with E-state index in [9.17, 15) is 39.5 Å². The van der Waals surface area contributed by atoms with Crippen LogP contribution >= 0.6 is 0 Å². The highest BCUT2D eigenvalue weighted by atomic mass is 19.4. The van der Waals surface area contributed by atoms with E-state index in [2.05, 4.69) is 0 Å². The van der Waals surface area contributed by atoms with Crippen molar-refractivity contribution in [2.75, 3.05) is 0 Å². The van der Waals surface area contributed by atoms with E-state index in [1.54, 1.807) is 0 Å². The predicted octanol–water partition coefficient (Wildman–Crippen LogP) is 4.54. The molecule has 0 fully saturated rings. The van der Waals surface area contributed by atoms with Crippen molar-refractivity contribution in [3.05, 3.63) is 34.9 Å². The minimum Gasteiger partial charge on any atom is -0.166 e. The molecule has 18 heavy (non-hydrogen) atoms. The molecule has 0 amide bonds. The van der Waals surface area contributed by atoms with Crippen LogP contribution in [0.2, 0.25) is 0 Å². The molecular weight excluding hydrogens is 279 g/mol. The maximum absolute atomic E-state index is 12.3. The first-order chi connectivity index (χ1) is 7.83. The Kier molecular flexibility index (Phi) is 3.30. The molecule has 0 atom stereocenters. The molecule has 9 heteroatoms. The van der Waals surface area contributed by atoms with Crippen molar-refractivity contribution in [2.45, 2.75) is 18.5 Å². The van der Waals surface area contributed by atoms with Crippen LogP contribution in [0.1, 0.15) is 16.7 Å². The summed E-state index contributed by atoms with van der Waals surface area (Å²) in [4.78, 5) is 0. The number of hydrogen-bond donors (Lipinski definition) is 0. The van der Waals surface area contributed by atoms with E-state index in [0.717, 1.165) is 6.07 Å². The Bertz CT molecular complexity index is 435. The molecule has 0 heterocycles. The highest BCUT2D eigenvalue weighted by Gasteiger charge is 2.45. The Labute approximate surface area is 94.0 Å². The van der Waals surface area contributed by atoms with E-state index in [4.69, 9.17) is 0 Å². The summed E-state index contributed by atoms with van der Waals surface area (Å²) in [5.41, 5.74) is -6.51. The standard InChI is InChI=1S/C9H2F9/c10-7(11,12)4-1-2-5(8(13,14)15)6(3-4)9(16,17)18/h2-3H. The van der Waals surface area contributed by atoms with Gasteiger partial charge in [-0.2, -0.15) is 39.5 Å². The van der Waals surface area contributed by atoms with Gasteiger partial charge in [0.05, 0.1) is 16.7 Å². The number of halogens is 9. The Morgan fingerprint density at radius 3 is 1.44 bits per heavy atom. The van der Waals surface area contributed by atoms with Crippen molar-refractivity contribution in [1.82, 2.24) is 0 Å². The Balaban J connectivity index is 3.50. The van der Waals surface area contributed by atoms with Crippen LogP contribution in [0, 0.1) is 6.07 Å². The first-order valence-corrected chi connectivity index (χ1v) is 4.11. The number of benzene rings is 1. The summed E-state index contributed by atoms with van der Waals surface area (Å²) < 4.78 is 110. The summed E-state index contributed by atoms with van der Waals surface area (Å²) in [6.07, 6.45) is -16.2. The van der Waals surface area contributed by atoms with Gasteiger partial charge >= 0.3 is 18.5 Å². The molecule has 1 aromatic rings. The zero-order valence-corrected chi connectivity index (χ0v) is 8.06. The van der Waals surface area contributed by atoms with Gasteiger partial charge in [0, 0.05) is 0 Å². The Morgan fingerprint density at radius 1 is 0.667 bits per heavy atom. The van der Waals surface area contributed by atoms with Crippen molar-refractivity contribution < 1.29 is 39.5 Å². The third-order valence-corrected chi connectivity index (χ3v) is 1.87. The monoisotopic (exact) mass is 281 g/mol. The topological polar surface area (TPSA) is 0 Å². The maximum atomic E-state index is 12.3. The number of hydrogen-bond acceptors (Lipinski definition) is 0. The third kappa shape index (κ3) is 3.08. The molecule has 1 rings (SSSR count). The molecule has 0 spiro atoms. The fourth-order valence-corrected chi connectivity index (χ4v) is 1.12. The highest BCUT2D eigenvalue weighted by molar-refractivity contribution is 5.36. The summed E-state index contributed by atoms with van der Waals surface area (Å²) in [5.74, 6) is 0. The van der Waals surface area contributed by atoms with Crippen LogP contribution in [0.5, 0.6) is 0 Å². The van der Waals surface area contributed by atoms with Crippen LogP contribution in [-0.2, 0) is 18.5 Å². The van der Waals surface area contributed by atoms with Crippen molar-refractivity contribution in [3.63, 3.8) is 0 Å². The van der Waals surface area contributed by atoms with Crippen LogP contribution in [0.4, 0.5) is 39.5 Å². The lowest BCUT2D eigenvalue weighted by atomic mass is 10.0. The van der Waals surface area contributed by atoms with E-state index in [0.29, 0.717) is 0 Å². The summed E-state index contributed by atoms with van der Waals surface area (Å²) in [5, 5.41) is 0. The SMILES string of the molecule is FC(F)(F)c1[c]cc(C(F)(F)F)c(C(F)(F)F)c1. The minimum absolute atomic E-state index is 0.356. The molecule has 0 saturated carbocycles. The zero-order valence-electron chi connectivity index (χ0n) is 8.06. The average Bonchev–Trinajstić information content (AvgIpc) is 2.12. The summed E-state index contributed by atoms with van der Waals surface area (Å²) >= 11 is 0. The van der Waals surface area contributed by atoms with Gasteiger partial charge in [-0.25, -0.2) is 0 Å². The van der Waals surface area contributed by atoms with Gasteiger partial charge < -0.3 is 0 Å². The fraction of sp³-hybridized carbons (Fsp3) is 0.333. The van der Waals surface area contributed by atoms with Gasteiger partial charge in [0.15, 0.2) is 0 Å². The van der Waals surface area contributed by atoms with Crippen molar-refractivity contribution in [1.29, 1.82) is 0 Å². The van der Waals surface area contributed by atoms with E-state index in [-0.39, 0.29) is 6.07 Å². The van der Waals surface area contributed by atoms with Crippen LogP contribution in [0.25, 0.3) is 0 Å². The summed E-state index contributed by atoms with van der Waals surface area (Å²) in [6, 6.07) is 0.187. The number of alkyl halides is 9. The summed E-state index contributed by atoms with van der Waals surface area (Å²) in [7, 11) is 0. The van der Waals surface area contributed by atoms with E-state index >= 15 is 0 Å². The Morgan fingerprint density at radius 2 is 1.11 bits per heavy atom. The highest BCUT2D eigenvalue weighted by Crippen LogP contribution is 2.42. The average molecular weight is 281 g/mol. The second-order valence-electron chi connectivity index (χ2n) is 3.17. The second kappa shape index (κ2) is 4.06. The van der Waals surface area contributed by atoms with Crippen molar-refractivity contribution in [3.8, 4) is 0 Å². The molecule has 0 unspecified atom stereocenters. The van der Waals surface area contributed by atoms with Gasteiger partial charge in [0.25, 0.3) is 0 Å². The largest absolute Gasteiger partial charge is 0.417 e. The molecule has 1 radical (unpaired) electrons. The quantitative estimate of drug-likeness (QED) is 0.612. The van der Waals surface area contributed by atoms with Crippen molar-refractivity contribution in [2.24, 2.45) is 0 Å². The lowest BCUT2D eigenvalue weighted by Crippen LogP contribution is -2.18. The first kappa shape index (κ1) is 14.7. The molecular formula is C9H2F9. The molecule has 0 aliphatic rings. The van der Waals surface area contributed by atoms with Gasteiger partial charge in [0.1, 0.15) is 0 Å². The van der Waals surface area contributed by atoms with Crippen LogP contribution in [0.15, 0.2) is 12.1 Å². The molecule has 0 aliphatic heterocycles. The molecule has 0 bridgehead atoms. The first-order valence-electron chi connectivity index (χ1n) is 4.11. The minimum atomic E-state index is -5.54. The van der Waals surface area contributed by atoms with Gasteiger partial charge in [-0.05, 0) is 18.2 Å². The second-order valence-corrected chi connectivity index (χ2v) is 3.17. The van der Waals surface area contributed by atoms with E-state index in [1.807, 2.05) is 0 Å². The number of rotatable bonds is 0. The molecule has 0 nitrogen and oxygen atoms in total. The molecule has 0 aliphatic carbocycles. The van der Waals surface area contributed by atoms with E-state index < -0.39 is 41.3 Å². The van der Waals surface area contributed by atoms with Gasteiger partial charge in [-0.15, -0.1) is 0 Å². The molecule has 0 N–H and O–H groups in total. The molecule has 101 valence electrons. The molecule has 0 saturated heterocycles. The molecule has 1 aromatic carbocycles. The van der Waals surface area contributed by atoms with Crippen LogP contribution < -0.4 is 0 Å². The van der Waals surface area contributed by atoms with Crippen LogP contribution in [-0.4, -0.2) is 0 Å². The zero-order chi connectivity index (χ0) is 14.4. The van der Waals surface area contributed by atoms with Crippen molar-refractivity contribution >= 4 is 0 Å². The fourth-order valence-electron chi connectivity index (χ4n) is 1.12. The maximum Gasteiger partial charge on any atom is 0.417 e. The lowest BCUT2D eigenvalue weighted by Gasteiger charge is -2.17. The normalized spacial score (nSPS) is 13.8. The van der Waals surface area contributed by atoms with Crippen LogP contribution in [0.3, 0.4) is 0 Å². The van der Waals surface area contributed by atoms with Gasteiger partial charge in [-0.3, -0.25) is 0 Å².